The van der Waals surface area contributed by atoms with Crippen molar-refractivity contribution in [3.8, 4) is 0 Å². The van der Waals surface area contributed by atoms with Gasteiger partial charge in [0.2, 0.25) is 17.7 Å². The number of carboxylic acids is 2. The fraction of sp³-hybridized carbons (Fsp3) is 0.500. The Morgan fingerprint density at radius 3 is 1.91 bits per heavy atom. The van der Waals surface area contributed by atoms with Crippen LogP contribution >= 0.6 is 0 Å². The zero-order chi connectivity index (χ0) is 25.1. The number of amides is 3. The van der Waals surface area contributed by atoms with E-state index in [0.29, 0.717) is 0 Å². The Morgan fingerprint density at radius 1 is 0.848 bits per heavy atom. The topological polar surface area (TPSA) is 188 Å². The van der Waals surface area contributed by atoms with E-state index in [1.807, 2.05) is 6.07 Å². The Bertz CT molecular complexity index is 844. The molecule has 0 saturated heterocycles. The predicted molar refractivity (Wildman–Crippen MR) is 119 cm³/mol. The van der Waals surface area contributed by atoms with Gasteiger partial charge < -0.3 is 31.9 Å². The molecule has 3 amide bonds. The second kappa shape index (κ2) is 13.2. The molecule has 0 aliphatic rings. The lowest BCUT2D eigenvalue weighted by Crippen LogP contribution is -2.57. The summed E-state index contributed by atoms with van der Waals surface area (Å²) in [6, 6.07) is 4.13. The monoisotopic (exact) mass is 464 g/mol. The molecule has 33 heavy (non-hydrogen) atoms. The highest BCUT2D eigenvalue weighted by atomic mass is 16.4. The van der Waals surface area contributed by atoms with Gasteiger partial charge in [-0.2, -0.15) is 0 Å². The lowest BCUT2D eigenvalue weighted by molar-refractivity contribution is -0.143. The fourth-order valence-corrected chi connectivity index (χ4v) is 2.97. The van der Waals surface area contributed by atoms with E-state index in [1.54, 1.807) is 38.1 Å². The van der Waals surface area contributed by atoms with Crippen LogP contribution in [0, 0.1) is 5.92 Å². The molecule has 1 rings (SSSR count). The Balaban J connectivity index is 2.91. The zero-order valence-electron chi connectivity index (χ0n) is 18.9. The van der Waals surface area contributed by atoms with Crippen molar-refractivity contribution in [2.45, 2.75) is 64.2 Å². The lowest BCUT2D eigenvalue weighted by Gasteiger charge is -2.25. The largest absolute Gasteiger partial charge is 0.481 e. The Kier molecular flexibility index (Phi) is 11.0. The van der Waals surface area contributed by atoms with E-state index in [4.69, 9.17) is 10.8 Å². The van der Waals surface area contributed by atoms with Gasteiger partial charge >= 0.3 is 11.9 Å². The molecule has 0 radical (unpaired) electrons. The summed E-state index contributed by atoms with van der Waals surface area (Å²) < 4.78 is 0. The number of nitrogens with two attached hydrogens (primary N) is 1. The fourth-order valence-electron chi connectivity index (χ4n) is 2.97. The molecule has 1 aromatic carbocycles. The van der Waals surface area contributed by atoms with E-state index in [-0.39, 0.29) is 18.8 Å². The number of nitrogens with one attached hydrogen (secondary N) is 3. The van der Waals surface area contributed by atoms with Crippen molar-refractivity contribution < 1.29 is 34.2 Å². The summed E-state index contributed by atoms with van der Waals surface area (Å²) in [4.78, 5) is 60.1. The quantitative estimate of drug-likeness (QED) is 0.228. The molecule has 0 saturated carbocycles. The lowest BCUT2D eigenvalue weighted by atomic mass is 10.0. The average molecular weight is 465 g/mol. The first-order valence-electron chi connectivity index (χ1n) is 10.6. The first kappa shape index (κ1) is 27.6. The third-order valence-electron chi connectivity index (χ3n) is 4.72. The molecule has 0 heterocycles. The maximum atomic E-state index is 12.8. The van der Waals surface area contributed by atoms with E-state index >= 15 is 0 Å². The number of carbonyl (C=O) groups is 5. The highest BCUT2D eigenvalue weighted by molar-refractivity contribution is 5.95. The van der Waals surface area contributed by atoms with Crippen molar-refractivity contribution in [3.63, 3.8) is 0 Å². The summed E-state index contributed by atoms with van der Waals surface area (Å²) in [6.45, 7) is 4.87. The molecule has 11 heteroatoms. The van der Waals surface area contributed by atoms with Crippen molar-refractivity contribution in [2.24, 2.45) is 11.7 Å². The maximum Gasteiger partial charge on any atom is 0.325 e. The van der Waals surface area contributed by atoms with Gasteiger partial charge in [0.15, 0.2) is 0 Å². The van der Waals surface area contributed by atoms with Crippen LogP contribution in [0.1, 0.15) is 39.2 Å². The molecule has 0 fully saturated rings. The van der Waals surface area contributed by atoms with Crippen molar-refractivity contribution in [2.75, 3.05) is 0 Å². The summed E-state index contributed by atoms with van der Waals surface area (Å²) in [5.74, 6) is -4.97. The zero-order valence-corrected chi connectivity index (χ0v) is 18.9. The van der Waals surface area contributed by atoms with Crippen LogP contribution in [-0.2, 0) is 30.4 Å². The van der Waals surface area contributed by atoms with Crippen molar-refractivity contribution in [3.05, 3.63) is 35.9 Å². The summed E-state index contributed by atoms with van der Waals surface area (Å²) in [7, 11) is 0. The van der Waals surface area contributed by atoms with Gasteiger partial charge in [-0.15, -0.1) is 0 Å². The number of aliphatic carboxylic acids is 2. The number of benzene rings is 1. The van der Waals surface area contributed by atoms with Crippen LogP contribution in [-0.4, -0.2) is 64.0 Å². The van der Waals surface area contributed by atoms with Crippen LogP contribution in [0.15, 0.2) is 30.3 Å². The Labute approximate surface area is 192 Å². The SMILES string of the molecule is CC(C)CC(NC(=O)C(CC(=O)O)NC(=O)C(N)Cc1ccccc1)C(=O)NC(C)C(=O)O. The van der Waals surface area contributed by atoms with E-state index in [9.17, 15) is 29.1 Å². The van der Waals surface area contributed by atoms with Crippen molar-refractivity contribution >= 4 is 29.7 Å². The van der Waals surface area contributed by atoms with Gasteiger partial charge in [0.1, 0.15) is 18.1 Å². The summed E-state index contributed by atoms with van der Waals surface area (Å²) >= 11 is 0. The molecule has 11 nitrogen and oxygen atoms in total. The molecular formula is C22H32N4O7. The molecule has 7 N–H and O–H groups in total. The van der Waals surface area contributed by atoms with Crippen LogP contribution in [0.5, 0.6) is 0 Å². The van der Waals surface area contributed by atoms with E-state index in [1.165, 1.54) is 6.92 Å². The Hall–Kier alpha value is -3.47. The number of rotatable bonds is 13. The van der Waals surface area contributed by atoms with Crippen LogP contribution in [0.4, 0.5) is 0 Å². The first-order chi connectivity index (χ1) is 15.4. The molecular weight excluding hydrogens is 432 g/mol. The van der Waals surface area contributed by atoms with Crippen LogP contribution in [0.2, 0.25) is 0 Å². The molecule has 4 atom stereocenters. The standard InChI is InChI=1S/C22H32N4O7/c1-12(2)9-16(20(30)24-13(3)22(32)33)26-21(31)17(11-18(27)28)25-19(29)15(23)10-14-7-5-4-6-8-14/h4-8,12-13,15-17H,9-11,23H2,1-3H3,(H,24,30)(H,25,29)(H,26,31)(H,27,28)(H,32,33). The number of hydrogen-bond acceptors (Lipinski definition) is 6. The van der Waals surface area contributed by atoms with Gasteiger partial charge in [0.05, 0.1) is 12.5 Å². The minimum Gasteiger partial charge on any atom is -0.481 e. The predicted octanol–water partition coefficient (Wildman–Crippen LogP) is -0.364. The van der Waals surface area contributed by atoms with E-state index in [0.717, 1.165) is 5.56 Å². The van der Waals surface area contributed by atoms with Crippen LogP contribution in [0.3, 0.4) is 0 Å². The van der Waals surface area contributed by atoms with Gasteiger partial charge in [-0.05, 0) is 31.2 Å². The number of carbonyl (C=O) groups excluding carboxylic acids is 3. The third kappa shape index (κ3) is 10.1. The van der Waals surface area contributed by atoms with E-state index < -0.39 is 60.2 Å². The molecule has 1 aromatic rings. The molecule has 0 aromatic heterocycles. The summed E-state index contributed by atoms with van der Waals surface area (Å²) in [6.07, 6.45) is -0.373. The highest BCUT2D eigenvalue weighted by Crippen LogP contribution is 2.07. The summed E-state index contributed by atoms with van der Waals surface area (Å²) in [5.41, 5.74) is 6.71. The second-order valence-corrected chi connectivity index (χ2v) is 8.21. The van der Waals surface area contributed by atoms with E-state index in [2.05, 4.69) is 16.0 Å². The average Bonchev–Trinajstić information content (AvgIpc) is 2.72. The van der Waals surface area contributed by atoms with Crippen molar-refractivity contribution in [1.82, 2.24) is 16.0 Å². The highest BCUT2D eigenvalue weighted by Gasteiger charge is 2.31. The molecule has 4 unspecified atom stereocenters. The van der Waals surface area contributed by atoms with Crippen LogP contribution in [0.25, 0.3) is 0 Å². The number of carboxylic acid groups (broad SMARTS) is 2. The molecule has 0 spiro atoms. The normalized spacial score (nSPS) is 14.5. The minimum absolute atomic E-state index is 0.0482. The van der Waals surface area contributed by atoms with Crippen molar-refractivity contribution in [1.29, 1.82) is 0 Å². The molecule has 0 aliphatic heterocycles. The third-order valence-corrected chi connectivity index (χ3v) is 4.72. The maximum absolute atomic E-state index is 12.8. The van der Waals surface area contributed by atoms with Gasteiger partial charge in [-0.3, -0.25) is 24.0 Å². The smallest absolute Gasteiger partial charge is 0.325 e. The number of hydrogen-bond donors (Lipinski definition) is 6. The van der Waals surface area contributed by atoms with Gasteiger partial charge in [-0.1, -0.05) is 44.2 Å². The molecule has 0 aliphatic carbocycles. The minimum atomic E-state index is -1.48. The molecule has 182 valence electrons. The second-order valence-electron chi connectivity index (χ2n) is 8.21. The van der Waals surface area contributed by atoms with Gasteiger partial charge in [0.25, 0.3) is 0 Å². The van der Waals surface area contributed by atoms with Gasteiger partial charge in [-0.25, -0.2) is 0 Å². The van der Waals surface area contributed by atoms with Gasteiger partial charge in [0, 0.05) is 0 Å². The molecule has 0 bridgehead atoms. The van der Waals surface area contributed by atoms with Crippen LogP contribution < -0.4 is 21.7 Å². The Morgan fingerprint density at radius 2 is 1.39 bits per heavy atom. The first-order valence-corrected chi connectivity index (χ1v) is 10.6. The summed E-state index contributed by atoms with van der Waals surface area (Å²) in [5, 5.41) is 25.2.